The molecule has 0 aliphatic carbocycles. The van der Waals surface area contributed by atoms with E-state index in [1.54, 1.807) is 7.05 Å². The molecule has 0 spiro atoms. The summed E-state index contributed by atoms with van der Waals surface area (Å²) < 4.78 is 39.1. The highest BCUT2D eigenvalue weighted by Crippen LogP contribution is 2.34. The van der Waals surface area contributed by atoms with Crippen LogP contribution in [0.5, 0.6) is 0 Å². The Morgan fingerprint density at radius 2 is 1.38 bits per heavy atom. The number of nitrogens with one attached hydrogen (secondary N) is 3. The van der Waals surface area contributed by atoms with Gasteiger partial charge >= 0.3 is 6.18 Å². The highest BCUT2D eigenvalue weighted by atomic mass is 19.4. The van der Waals surface area contributed by atoms with Gasteiger partial charge in [0.25, 0.3) is 11.8 Å². The van der Waals surface area contributed by atoms with Gasteiger partial charge in [0.15, 0.2) is 13.1 Å². The molecule has 2 rings (SSSR count). The summed E-state index contributed by atoms with van der Waals surface area (Å²) in [5.41, 5.74) is 0.506. The Kier molecular flexibility index (Phi) is 7.39. The normalized spacial score (nSPS) is 12.5. The molecule has 0 heterocycles. The average molecular weight is 408 g/mol. The van der Waals surface area contributed by atoms with Crippen LogP contribution in [0.25, 0.3) is 0 Å². The molecule has 0 aliphatic rings. The highest BCUT2D eigenvalue weighted by Gasteiger charge is 2.33. The maximum absolute atomic E-state index is 13.0. The smallest absolute Gasteiger partial charge is 0.322 e. The number of anilines is 2. The molecule has 2 aromatic carbocycles. The lowest BCUT2D eigenvalue weighted by Crippen LogP contribution is -3.11. The number of hydrogen-bond donors (Lipinski definition) is 3. The largest absolute Gasteiger partial charge is 0.418 e. The van der Waals surface area contributed by atoms with Crippen molar-refractivity contribution >= 4 is 23.2 Å². The van der Waals surface area contributed by atoms with Crippen LogP contribution < -0.4 is 15.5 Å². The number of rotatable bonds is 7. The van der Waals surface area contributed by atoms with Gasteiger partial charge in [-0.3, -0.25) is 9.59 Å². The topological polar surface area (TPSA) is 62.6 Å². The molecule has 0 bridgehead atoms. The number of hydrogen-bond acceptors (Lipinski definition) is 2. The van der Waals surface area contributed by atoms with Gasteiger partial charge in [-0.25, -0.2) is 0 Å². The van der Waals surface area contributed by atoms with Crippen molar-refractivity contribution in [2.75, 3.05) is 30.8 Å². The van der Waals surface area contributed by atoms with Gasteiger partial charge in [0.05, 0.1) is 18.3 Å². The van der Waals surface area contributed by atoms with Crippen LogP contribution in [0.15, 0.2) is 48.5 Å². The van der Waals surface area contributed by atoms with Gasteiger partial charge in [-0.1, -0.05) is 44.2 Å². The van der Waals surface area contributed by atoms with Crippen molar-refractivity contribution in [2.24, 2.45) is 0 Å². The zero-order valence-corrected chi connectivity index (χ0v) is 16.6. The van der Waals surface area contributed by atoms with Crippen LogP contribution in [-0.2, 0) is 15.8 Å². The van der Waals surface area contributed by atoms with Crippen molar-refractivity contribution in [3.8, 4) is 0 Å². The number of quaternary nitrogens is 1. The van der Waals surface area contributed by atoms with E-state index in [0.717, 1.165) is 11.6 Å². The second-order valence-electron chi connectivity index (χ2n) is 7.19. The number of halogens is 3. The fourth-order valence-corrected chi connectivity index (χ4v) is 2.95. The number of alkyl halides is 3. The molecule has 156 valence electrons. The molecule has 0 saturated heterocycles. The molecule has 29 heavy (non-hydrogen) atoms. The summed E-state index contributed by atoms with van der Waals surface area (Å²) >= 11 is 0. The number of para-hydroxylation sites is 2. The number of benzene rings is 2. The van der Waals surface area contributed by atoms with Gasteiger partial charge in [-0.15, -0.1) is 0 Å². The molecule has 0 radical (unpaired) electrons. The summed E-state index contributed by atoms with van der Waals surface area (Å²) in [7, 11) is 1.63. The first-order valence-corrected chi connectivity index (χ1v) is 9.24. The van der Waals surface area contributed by atoms with E-state index in [1.807, 2.05) is 38.1 Å². The summed E-state index contributed by atoms with van der Waals surface area (Å²) in [5.74, 6) is -0.648. The van der Waals surface area contributed by atoms with Crippen LogP contribution in [0.2, 0.25) is 0 Å². The molecule has 0 fully saturated rings. The monoisotopic (exact) mass is 408 g/mol. The fraction of sp³-hybridized carbons (Fsp3) is 0.333. The highest BCUT2D eigenvalue weighted by molar-refractivity contribution is 5.94. The Morgan fingerprint density at radius 3 is 1.93 bits per heavy atom. The van der Waals surface area contributed by atoms with E-state index in [4.69, 9.17) is 0 Å². The lowest BCUT2D eigenvalue weighted by atomic mass is 10.0. The summed E-state index contributed by atoms with van der Waals surface area (Å²) in [4.78, 5) is 25.0. The van der Waals surface area contributed by atoms with E-state index in [-0.39, 0.29) is 30.6 Å². The molecule has 1 atom stereocenters. The van der Waals surface area contributed by atoms with Crippen molar-refractivity contribution in [1.82, 2.24) is 0 Å². The molecule has 0 aliphatic heterocycles. The van der Waals surface area contributed by atoms with E-state index in [9.17, 15) is 22.8 Å². The fourth-order valence-electron chi connectivity index (χ4n) is 2.95. The zero-order valence-electron chi connectivity index (χ0n) is 16.6. The van der Waals surface area contributed by atoms with Crippen LogP contribution in [0.1, 0.15) is 30.9 Å². The molecule has 0 saturated carbocycles. The van der Waals surface area contributed by atoms with Crippen LogP contribution >= 0.6 is 0 Å². The van der Waals surface area contributed by atoms with Crippen molar-refractivity contribution in [3.63, 3.8) is 0 Å². The summed E-state index contributed by atoms with van der Waals surface area (Å²) in [5, 5.41) is 5.12. The Morgan fingerprint density at radius 1 is 0.897 bits per heavy atom. The molecule has 2 aromatic rings. The summed E-state index contributed by atoms with van der Waals surface area (Å²) in [6.07, 6.45) is -4.56. The Hall–Kier alpha value is -2.87. The van der Waals surface area contributed by atoms with Gasteiger partial charge in [-0.2, -0.15) is 13.2 Å². The SMILES string of the molecule is CC(C)c1ccccc1NC(=O)C[NH+](C)CC(=O)Nc1ccccc1C(F)(F)F. The first kappa shape index (κ1) is 22.4. The molecular formula is C21H25F3N3O2+. The Balaban J connectivity index is 1.94. The number of carbonyl (C=O) groups excluding carboxylic acids is 2. The van der Waals surface area contributed by atoms with Crippen molar-refractivity contribution < 1.29 is 27.7 Å². The molecular weight excluding hydrogens is 383 g/mol. The summed E-state index contributed by atoms with van der Waals surface area (Å²) in [6, 6.07) is 12.2. The maximum Gasteiger partial charge on any atom is 0.418 e. The average Bonchev–Trinajstić information content (AvgIpc) is 2.61. The molecule has 8 heteroatoms. The molecule has 3 N–H and O–H groups in total. The van der Waals surface area contributed by atoms with Crippen LogP contribution in [0.4, 0.5) is 24.5 Å². The van der Waals surface area contributed by atoms with Crippen LogP contribution in [0, 0.1) is 0 Å². The Bertz CT molecular complexity index is 866. The predicted octanol–water partition coefficient (Wildman–Crippen LogP) is 2.92. The van der Waals surface area contributed by atoms with Crippen molar-refractivity contribution in [1.29, 1.82) is 0 Å². The van der Waals surface area contributed by atoms with E-state index in [1.165, 1.54) is 18.2 Å². The molecule has 5 nitrogen and oxygen atoms in total. The number of carbonyl (C=O) groups is 2. The van der Waals surface area contributed by atoms with Crippen LogP contribution in [-0.4, -0.2) is 32.0 Å². The van der Waals surface area contributed by atoms with E-state index < -0.39 is 17.6 Å². The quantitative estimate of drug-likeness (QED) is 0.660. The van der Waals surface area contributed by atoms with Gasteiger partial charge < -0.3 is 15.5 Å². The van der Waals surface area contributed by atoms with Gasteiger partial charge in [0, 0.05) is 5.69 Å². The lowest BCUT2D eigenvalue weighted by molar-refractivity contribution is -0.862. The predicted molar refractivity (Wildman–Crippen MR) is 106 cm³/mol. The molecule has 0 aromatic heterocycles. The lowest BCUT2D eigenvalue weighted by Gasteiger charge is -2.17. The second-order valence-corrected chi connectivity index (χ2v) is 7.19. The third-order valence-electron chi connectivity index (χ3n) is 4.29. The minimum Gasteiger partial charge on any atom is -0.322 e. The number of amides is 2. The minimum absolute atomic E-state index is 0.000761. The van der Waals surface area contributed by atoms with Crippen molar-refractivity contribution in [2.45, 2.75) is 25.9 Å². The summed E-state index contributed by atoms with van der Waals surface area (Å²) in [6.45, 7) is 3.89. The zero-order chi connectivity index (χ0) is 21.6. The van der Waals surface area contributed by atoms with Crippen molar-refractivity contribution in [3.05, 3.63) is 59.7 Å². The van der Waals surface area contributed by atoms with Gasteiger partial charge in [0.2, 0.25) is 0 Å². The second kappa shape index (κ2) is 9.56. The van der Waals surface area contributed by atoms with Gasteiger partial charge in [-0.05, 0) is 29.7 Å². The van der Waals surface area contributed by atoms with E-state index >= 15 is 0 Å². The minimum atomic E-state index is -4.56. The van der Waals surface area contributed by atoms with Gasteiger partial charge in [0.1, 0.15) is 0 Å². The third-order valence-corrected chi connectivity index (χ3v) is 4.29. The molecule has 1 unspecified atom stereocenters. The third kappa shape index (κ3) is 6.60. The maximum atomic E-state index is 13.0. The molecule has 2 amide bonds. The Labute approximate surface area is 167 Å². The van der Waals surface area contributed by atoms with Crippen LogP contribution in [0.3, 0.4) is 0 Å². The van der Waals surface area contributed by atoms with E-state index in [2.05, 4.69) is 10.6 Å². The standard InChI is InChI=1S/C21H24F3N3O2/c1-14(2)15-8-4-6-10-17(15)25-19(28)12-27(3)13-20(29)26-18-11-7-5-9-16(18)21(22,23)24/h4-11,14H,12-13H2,1-3H3,(H,25,28)(H,26,29)/p+1. The first-order valence-electron chi connectivity index (χ1n) is 9.24. The number of likely N-dealkylation sites (N-methyl/N-ethyl adjacent to an activating group) is 1. The first-order chi connectivity index (χ1) is 13.6. The van der Waals surface area contributed by atoms with E-state index in [0.29, 0.717) is 10.6 Å².